The van der Waals surface area contributed by atoms with E-state index < -0.39 is 15.9 Å². The van der Waals surface area contributed by atoms with Gasteiger partial charge in [-0.25, -0.2) is 13.4 Å². The van der Waals surface area contributed by atoms with Crippen LogP contribution in [-0.4, -0.2) is 37.2 Å². The molecule has 0 spiro atoms. The molecule has 146 valence electrons. The number of aromatic nitrogens is 1. The van der Waals surface area contributed by atoms with Crippen LogP contribution in [0.15, 0.2) is 58.8 Å². The van der Waals surface area contributed by atoms with E-state index in [1.807, 2.05) is 24.4 Å². The van der Waals surface area contributed by atoms with Gasteiger partial charge in [-0.1, -0.05) is 41.4 Å². The maximum absolute atomic E-state index is 12.6. The maximum atomic E-state index is 12.6. The van der Waals surface area contributed by atoms with Gasteiger partial charge in [0.15, 0.2) is 5.13 Å². The number of nitrogens with one attached hydrogen (secondary N) is 1. The quantitative estimate of drug-likeness (QED) is 0.633. The van der Waals surface area contributed by atoms with E-state index in [0.29, 0.717) is 15.8 Å². The van der Waals surface area contributed by atoms with Gasteiger partial charge in [-0.3, -0.25) is 4.79 Å². The average molecular weight is 436 g/mol. The number of sulfonamides is 1. The Hall–Kier alpha value is -2.26. The van der Waals surface area contributed by atoms with E-state index >= 15 is 0 Å². The molecular weight excluding hydrogens is 418 g/mol. The first-order chi connectivity index (χ1) is 13.3. The Labute approximate surface area is 172 Å². The molecular formula is C19H18ClN3O3S2. The molecule has 0 aliphatic carbocycles. The van der Waals surface area contributed by atoms with Crippen molar-refractivity contribution in [1.82, 2.24) is 9.29 Å². The van der Waals surface area contributed by atoms with Crippen molar-refractivity contribution in [3.63, 3.8) is 0 Å². The number of likely N-dealkylation sites (N-methyl/N-ethyl adjacent to an activating group) is 1. The predicted octanol–water partition coefficient (Wildman–Crippen LogP) is 4.03. The van der Waals surface area contributed by atoms with Gasteiger partial charge in [0.2, 0.25) is 15.9 Å². The average Bonchev–Trinajstić information content (AvgIpc) is 3.10. The molecule has 0 saturated heterocycles. The molecule has 6 nitrogen and oxygen atoms in total. The van der Waals surface area contributed by atoms with Crippen molar-refractivity contribution < 1.29 is 13.2 Å². The first-order valence-corrected chi connectivity index (χ1v) is 11.0. The van der Waals surface area contributed by atoms with Gasteiger partial charge >= 0.3 is 0 Å². The number of rotatable bonds is 6. The van der Waals surface area contributed by atoms with Crippen molar-refractivity contribution in [3.8, 4) is 11.3 Å². The summed E-state index contributed by atoms with van der Waals surface area (Å²) in [5.41, 5.74) is 2.54. The molecule has 0 atom stereocenters. The normalized spacial score (nSPS) is 11.6. The minimum absolute atomic E-state index is 0.146. The van der Waals surface area contributed by atoms with Crippen molar-refractivity contribution in [2.75, 3.05) is 18.9 Å². The largest absolute Gasteiger partial charge is 0.301 e. The third-order valence-electron chi connectivity index (χ3n) is 3.99. The number of hydrogen-bond acceptors (Lipinski definition) is 5. The van der Waals surface area contributed by atoms with E-state index in [-0.39, 0.29) is 11.4 Å². The molecule has 0 saturated carbocycles. The number of nitrogens with zero attached hydrogens (tertiary/aromatic N) is 2. The number of benzene rings is 2. The smallest absolute Gasteiger partial charge is 0.243 e. The zero-order chi connectivity index (χ0) is 20.3. The SMILES string of the molecule is Cc1ccc(S(=O)(=O)N(C)CC(=O)Nc2nc(-c3ccc(Cl)cc3)cs2)cc1. The van der Waals surface area contributed by atoms with Crippen LogP contribution in [0.2, 0.25) is 5.02 Å². The molecule has 3 rings (SSSR count). The lowest BCUT2D eigenvalue weighted by Gasteiger charge is -2.16. The van der Waals surface area contributed by atoms with Crippen LogP contribution in [0, 0.1) is 6.92 Å². The van der Waals surface area contributed by atoms with Gasteiger partial charge in [-0.05, 0) is 31.2 Å². The number of anilines is 1. The molecule has 1 heterocycles. The molecule has 2 aromatic carbocycles. The molecule has 0 radical (unpaired) electrons. The molecule has 0 aliphatic heterocycles. The fraction of sp³-hybridized carbons (Fsp3) is 0.158. The summed E-state index contributed by atoms with van der Waals surface area (Å²) in [4.78, 5) is 16.8. The Morgan fingerprint density at radius 3 is 2.43 bits per heavy atom. The Bertz CT molecular complexity index is 1080. The molecule has 1 N–H and O–H groups in total. The van der Waals surface area contributed by atoms with Crippen LogP contribution >= 0.6 is 22.9 Å². The number of aryl methyl sites for hydroxylation is 1. The lowest BCUT2D eigenvalue weighted by molar-refractivity contribution is -0.116. The third kappa shape index (κ3) is 4.77. The monoisotopic (exact) mass is 435 g/mol. The maximum Gasteiger partial charge on any atom is 0.243 e. The van der Waals surface area contributed by atoms with Gasteiger partial charge in [-0.15, -0.1) is 11.3 Å². The lowest BCUT2D eigenvalue weighted by Crippen LogP contribution is -2.34. The van der Waals surface area contributed by atoms with Gasteiger partial charge in [0.25, 0.3) is 0 Å². The van der Waals surface area contributed by atoms with E-state index in [1.165, 1.54) is 30.5 Å². The Kier molecular flexibility index (Phi) is 6.14. The summed E-state index contributed by atoms with van der Waals surface area (Å²) in [5, 5.41) is 5.48. The van der Waals surface area contributed by atoms with Gasteiger partial charge < -0.3 is 5.32 Å². The number of amides is 1. The van der Waals surface area contributed by atoms with Crippen LogP contribution in [0.1, 0.15) is 5.56 Å². The van der Waals surface area contributed by atoms with Crippen LogP contribution in [0.5, 0.6) is 0 Å². The third-order valence-corrected chi connectivity index (χ3v) is 6.81. The van der Waals surface area contributed by atoms with Crippen molar-refractivity contribution in [1.29, 1.82) is 0 Å². The molecule has 1 amide bonds. The standard InChI is InChI=1S/C19H18ClN3O3S2/c1-13-3-9-16(10-4-13)28(25,26)23(2)11-18(24)22-19-21-17(12-27-19)14-5-7-15(20)8-6-14/h3-10,12H,11H2,1-2H3,(H,21,22,24). The van der Waals surface area contributed by atoms with E-state index in [2.05, 4.69) is 10.3 Å². The molecule has 0 aliphatic rings. The van der Waals surface area contributed by atoms with E-state index in [4.69, 9.17) is 11.6 Å². The number of hydrogen-bond donors (Lipinski definition) is 1. The zero-order valence-corrected chi connectivity index (χ0v) is 17.6. The van der Waals surface area contributed by atoms with Crippen LogP contribution in [-0.2, 0) is 14.8 Å². The highest BCUT2D eigenvalue weighted by Crippen LogP contribution is 2.26. The Morgan fingerprint density at radius 1 is 1.14 bits per heavy atom. The van der Waals surface area contributed by atoms with E-state index in [0.717, 1.165) is 15.4 Å². The first-order valence-electron chi connectivity index (χ1n) is 8.30. The number of halogens is 1. The van der Waals surface area contributed by atoms with Gasteiger partial charge in [0.05, 0.1) is 17.1 Å². The lowest BCUT2D eigenvalue weighted by atomic mass is 10.2. The number of thiazole rings is 1. The van der Waals surface area contributed by atoms with Crippen LogP contribution in [0.25, 0.3) is 11.3 Å². The summed E-state index contributed by atoms with van der Waals surface area (Å²) < 4.78 is 26.2. The van der Waals surface area contributed by atoms with Crippen molar-refractivity contribution in [2.24, 2.45) is 0 Å². The zero-order valence-electron chi connectivity index (χ0n) is 15.2. The van der Waals surface area contributed by atoms with Crippen LogP contribution in [0.3, 0.4) is 0 Å². The summed E-state index contributed by atoms with van der Waals surface area (Å²) in [6.45, 7) is 1.56. The van der Waals surface area contributed by atoms with Crippen molar-refractivity contribution in [3.05, 3.63) is 64.5 Å². The van der Waals surface area contributed by atoms with Gasteiger partial charge in [0.1, 0.15) is 0 Å². The highest BCUT2D eigenvalue weighted by Gasteiger charge is 2.23. The Morgan fingerprint density at radius 2 is 1.79 bits per heavy atom. The minimum Gasteiger partial charge on any atom is -0.301 e. The highest BCUT2D eigenvalue weighted by molar-refractivity contribution is 7.89. The first kappa shape index (κ1) is 20.5. The second kappa shape index (κ2) is 8.40. The van der Waals surface area contributed by atoms with Gasteiger partial charge in [0, 0.05) is 23.0 Å². The van der Waals surface area contributed by atoms with Crippen molar-refractivity contribution >= 4 is 44.0 Å². The van der Waals surface area contributed by atoms with E-state index in [9.17, 15) is 13.2 Å². The fourth-order valence-corrected chi connectivity index (χ4v) is 4.41. The molecule has 0 unspecified atom stereocenters. The van der Waals surface area contributed by atoms with Crippen LogP contribution < -0.4 is 5.32 Å². The summed E-state index contributed by atoms with van der Waals surface area (Å²) in [5.74, 6) is -0.463. The molecule has 28 heavy (non-hydrogen) atoms. The topological polar surface area (TPSA) is 79.4 Å². The molecule has 0 fully saturated rings. The van der Waals surface area contributed by atoms with Crippen LogP contribution in [0.4, 0.5) is 5.13 Å². The molecule has 3 aromatic rings. The molecule has 1 aromatic heterocycles. The number of carbonyl (C=O) groups excluding carboxylic acids is 1. The second-order valence-corrected chi connectivity index (χ2v) is 9.51. The fourth-order valence-electron chi connectivity index (χ4n) is 2.42. The van der Waals surface area contributed by atoms with E-state index in [1.54, 1.807) is 24.3 Å². The predicted molar refractivity (Wildman–Crippen MR) is 112 cm³/mol. The minimum atomic E-state index is -3.74. The summed E-state index contributed by atoms with van der Waals surface area (Å²) in [6, 6.07) is 13.7. The molecule has 9 heteroatoms. The second-order valence-electron chi connectivity index (χ2n) is 6.17. The highest BCUT2D eigenvalue weighted by atomic mass is 35.5. The summed E-state index contributed by atoms with van der Waals surface area (Å²) in [6.07, 6.45) is 0. The summed E-state index contributed by atoms with van der Waals surface area (Å²) in [7, 11) is -2.37. The summed E-state index contributed by atoms with van der Waals surface area (Å²) >= 11 is 7.15. The Balaban J connectivity index is 1.65. The van der Waals surface area contributed by atoms with Crippen molar-refractivity contribution in [2.45, 2.75) is 11.8 Å². The molecule has 0 bridgehead atoms. The van der Waals surface area contributed by atoms with Gasteiger partial charge in [-0.2, -0.15) is 4.31 Å². The number of carbonyl (C=O) groups is 1.